The van der Waals surface area contributed by atoms with Crippen LogP contribution in [0.2, 0.25) is 0 Å². The van der Waals surface area contributed by atoms with Gasteiger partial charge in [-0.1, -0.05) is 11.3 Å². The molecule has 0 spiro atoms. The van der Waals surface area contributed by atoms with E-state index in [4.69, 9.17) is 13.9 Å². The molecule has 0 bridgehead atoms. The van der Waals surface area contributed by atoms with E-state index in [0.29, 0.717) is 26.4 Å². The number of hydrogen-bond acceptors (Lipinski definition) is 3. The van der Waals surface area contributed by atoms with Crippen molar-refractivity contribution in [2.45, 2.75) is 20.8 Å². The summed E-state index contributed by atoms with van der Waals surface area (Å²) in [5, 5.41) is 0. The molecule has 0 fully saturated rings. The van der Waals surface area contributed by atoms with Crippen LogP contribution in [0.3, 0.4) is 0 Å². The molecule has 0 saturated heterocycles. The van der Waals surface area contributed by atoms with E-state index in [1.54, 1.807) is 0 Å². The molecule has 0 aliphatic carbocycles. The zero-order valence-corrected chi connectivity index (χ0v) is 11.0. The molecule has 0 radical (unpaired) electrons. The van der Waals surface area contributed by atoms with Gasteiger partial charge in [0.05, 0.1) is 26.4 Å². The van der Waals surface area contributed by atoms with Crippen molar-refractivity contribution in [3.8, 4) is 0 Å². The lowest BCUT2D eigenvalue weighted by Gasteiger charge is -2.04. The van der Waals surface area contributed by atoms with Crippen molar-refractivity contribution < 1.29 is 13.9 Å². The maximum atomic E-state index is 5.45. The van der Waals surface area contributed by atoms with Gasteiger partial charge >= 0.3 is 0 Å². The van der Waals surface area contributed by atoms with Crippen LogP contribution in [0, 0.1) is 0 Å². The van der Waals surface area contributed by atoms with Gasteiger partial charge in [0.25, 0.3) is 0 Å². The molecule has 0 aliphatic heterocycles. The van der Waals surface area contributed by atoms with Crippen LogP contribution < -0.4 is 0 Å². The van der Waals surface area contributed by atoms with Crippen LogP contribution >= 0.6 is 0 Å². The highest BCUT2D eigenvalue weighted by atomic mass is 28.2. The second-order valence-corrected chi connectivity index (χ2v) is 4.32. The Morgan fingerprint density at radius 1 is 1.07 bits per heavy atom. The highest BCUT2D eigenvalue weighted by molar-refractivity contribution is 6.34. The van der Waals surface area contributed by atoms with E-state index in [1.807, 2.05) is 6.92 Å². The van der Waals surface area contributed by atoms with Crippen molar-refractivity contribution in [3.63, 3.8) is 0 Å². The Balaban J connectivity index is 2.96. The van der Waals surface area contributed by atoms with E-state index >= 15 is 0 Å². The van der Waals surface area contributed by atoms with Crippen LogP contribution in [-0.2, 0) is 13.9 Å². The third-order valence-corrected chi connectivity index (χ3v) is 3.07. The van der Waals surface area contributed by atoms with Crippen molar-refractivity contribution in [2.75, 3.05) is 33.0 Å². The lowest BCUT2D eigenvalue weighted by atomic mass is 10.4. The molecule has 14 heavy (non-hydrogen) atoms. The third kappa shape index (κ3) is 11.8. The van der Waals surface area contributed by atoms with Gasteiger partial charge in [0.2, 0.25) is 0 Å². The van der Waals surface area contributed by atoms with Gasteiger partial charge in [-0.3, -0.25) is 0 Å². The summed E-state index contributed by atoms with van der Waals surface area (Å²) in [4.78, 5) is 0. The highest BCUT2D eigenvalue weighted by Crippen LogP contribution is 1.86. The van der Waals surface area contributed by atoms with Crippen LogP contribution in [0.15, 0.2) is 11.3 Å². The Hall–Kier alpha value is -0.163. The zero-order chi connectivity index (χ0) is 10.6. The van der Waals surface area contributed by atoms with Crippen molar-refractivity contribution in [1.82, 2.24) is 0 Å². The summed E-state index contributed by atoms with van der Waals surface area (Å²) >= 11 is 0. The van der Waals surface area contributed by atoms with Crippen molar-refractivity contribution in [1.29, 1.82) is 0 Å². The SMILES string of the molecule is CCOCCOCCO[SiH2]C=C(C)C. The Bertz CT molecular complexity index is 144. The normalized spacial score (nSPS) is 11.1. The smallest absolute Gasteiger partial charge is 0.185 e. The molecule has 3 nitrogen and oxygen atoms in total. The van der Waals surface area contributed by atoms with E-state index < -0.39 is 9.76 Å². The Labute approximate surface area is 89.4 Å². The summed E-state index contributed by atoms with van der Waals surface area (Å²) in [6.45, 7) is 9.66. The molecule has 0 atom stereocenters. The minimum Gasteiger partial charge on any atom is -0.417 e. The largest absolute Gasteiger partial charge is 0.417 e. The first kappa shape index (κ1) is 13.8. The van der Waals surface area contributed by atoms with Crippen LogP contribution in [0.5, 0.6) is 0 Å². The molecular formula is C10H22O3Si. The Morgan fingerprint density at radius 3 is 2.36 bits per heavy atom. The first-order chi connectivity index (χ1) is 6.77. The average molecular weight is 218 g/mol. The molecule has 0 aromatic rings. The monoisotopic (exact) mass is 218 g/mol. The maximum absolute atomic E-state index is 5.45. The van der Waals surface area contributed by atoms with E-state index in [-0.39, 0.29) is 0 Å². The van der Waals surface area contributed by atoms with Gasteiger partial charge in [0.15, 0.2) is 9.76 Å². The molecule has 0 unspecified atom stereocenters. The fraction of sp³-hybridized carbons (Fsp3) is 0.800. The lowest BCUT2D eigenvalue weighted by molar-refractivity contribution is 0.0411. The number of allylic oxidation sites excluding steroid dienone is 1. The van der Waals surface area contributed by atoms with Gasteiger partial charge in [-0.2, -0.15) is 0 Å². The molecule has 0 amide bonds. The van der Waals surface area contributed by atoms with E-state index in [1.165, 1.54) is 5.57 Å². The average Bonchev–Trinajstić information content (AvgIpc) is 2.15. The second-order valence-electron chi connectivity index (χ2n) is 3.17. The fourth-order valence-corrected chi connectivity index (χ4v) is 1.53. The predicted octanol–water partition coefficient (Wildman–Crippen LogP) is 1.06. The second kappa shape index (κ2) is 10.9. The minimum atomic E-state index is -0.453. The van der Waals surface area contributed by atoms with Crippen molar-refractivity contribution in [3.05, 3.63) is 11.3 Å². The van der Waals surface area contributed by atoms with Gasteiger partial charge in [-0.25, -0.2) is 0 Å². The molecule has 0 heterocycles. The summed E-state index contributed by atoms with van der Waals surface area (Å²) < 4.78 is 15.9. The van der Waals surface area contributed by atoms with Crippen molar-refractivity contribution >= 4 is 9.76 Å². The maximum Gasteiger partial charge on any atom is 0.185 e. The van der Waals surface area contributed by atoms with E-state index in [0.717, 1.165) is 6.61 Å². The van der Waals surface area contributed by atoms with Crippen LogP contribution in [-0.4, -0.2) is 42.8 Å². The highest BCUT2D eigenvalue weighted by Gasteiger charge is 1.89. The van der Waals surface area contributed by atoms with Gasteiger partial charge in [0.1, 0.15) is 0 Å². The zero-order valence-electron chi connectivity index (χ0n) is 9.54. The predicted molar refractivity (Wildman–Crippen MR) is 61.2 cm³/mol. The number of ether oxygens (including phenoxy) is 2. The molecule has 0 rings (SSSR count). The van der Waals surface area contributed by atoms with Gasteiger partial charge in [-0.05, 0) is 20.8 Å². The topological polar surface area (TPSA) is 27.7 Å². The summed E-state index contributed by atoms with van der Waals surface area (Å²) in [6.07, 6.45) is 0. The fourth-order valence-electron chi connectivity index (χ4n) is 0.791. The van der Waals surface area contributed by atoms with Crippen LogP contribution in [0.25, 0.3) is 0 Å². The summed E-state index contributed by atoms with van der Waals surface area (Å²) in [5.74, 6) is 0. The van der Waals surface area contributed by atoms with Crippen molar-refractivity contribution in [2.24, 2.45) is 0 Å². The van der Waals surface area contributed by atoms with Crippen LogP contribution in [0.1, 0.15) is 20.8 Å². The van der Waals surface area contributed by atoms with Crippen LogP contribution in [0.4, 0.5) is 0 Å². The molecule has 0 aliphatic rings. The standard InChI is InChI=1S/C10H22O3Si/c1-4-11-5-6-12-7-8-13-14-9-10(2)3/h9H,4-8,14H2,1-3H3. The first-order valence-electron chi connectivity index (χ1n) is 5.14. The number of rotatable bonds is 9. The summed E-state index contributed by atoms with van der Waals surface area (Å²) in [5.41, 5.74) is 3.54. The van der Waals surface area contributed by atoms with E-state index in [9.17, 15) is 0 Å². The quantitative estimate of drug-likeness (QED) is 0.428. The molecule has 0 saturated carbocycles. The Morgan fingerprint density at radius 2 is 1.71 bits per heavy atom. The number of hydrogen-bond donors (Lipinski definition) is 0. The molecular weight excluding hydrogens is 196 g/mol. The molecule has 0 N–H and O–H groups in total. The Kier molecular flexibility index (Phi) is 10.8. The van der Waals surface area contributed by atoms with Gasteiger partial charge in [-0.15, -0.1) is 0 Å². The first-order valence-corrected chi connectivity index (χ1v) is 6.53. The lowest BCUT2D eigenvalue weighted by Crippen LogP contribution is -2.10. The molecule has 0 aromatic heterocycles. The molecule has 84 valence electrons. The summed E-state index contributed by atoms with van der Waals surface area (Å²) in [6, 6.07) is 0. The molecule has 4 heteroatoms. The summed E-state index contributed by atoms with van der Waals surface area (Å²) in [7, 11) is -0.453. The third-order valence-electron chi connectivity index (χ3n) is 1.56. The van der Waals surface area contributed by atoms with Gasteiger partial charge < -0.3 is 13.9 Å². The van der Waals surface area contributed by atoms with E-state index in [2.05, 4.69) is 19.5 Å². The minimum absolute atomic E-state index is 0.453. The van der Waals surface area contributed by atoms with Gasteiger partial charge in [0, 0.05) is 6.61 Å². The molecule has 0 aromatic carbocycles.